The Balaban J connectivity index is 1.15. The second-order valence-corrected chi connectivity index (χ2v) is 14.0. The molecule has 2 nitrogen and oxygen atoms in total. The molecule has 1 aromatic heterocycles. The molecule has 1 aliphatic rings. The molecule has 8 aromatic carbocycles. The van der Waals surface area contributed by atoms with Gasteiger partial charge in [-0.25, -0.2) is 0 Å². The zero-order valence-corrected chi connectivity index (χ0v) is 28.4. The van der Waals surface area contributed by atoms with E-state index >= 15 is 0 Å². The van der Waals surface area contributed by atoms with Gasteiger partial charge in [0.1, 0.15) is 11.2 Å². The van der Waals surface area contributed by atoms with Gasteiger partial charge in [0.25, 0.3) is 0 Å². The van der Waals surface area contributed by atoms with Crippen LogP contribution in [0.25, 0.3) is 65.7 Å². The Morgan fingerprint density at radius 1 is 0.431 bits per heavy atom. The molecule has 0 aliphatic heterocycles. The Labute approximate surface area is 298 Å². The van der Waals surface area contributed by atoms with Crippen LogP contribution >= 0.6 is 0 Å². The molecule has 0 unspecified atom stereocenters. The normalized spacial score (nSPS) is 13.5. The second kappa shape index (κ2) is 12.3. The molecule has 0 amide bonds. The first kappa shape index (κ1) is 29.8. The van der Waals surface area contributed by atoms with Crippen LogP contribution in [-0.2, 0) is 0 Å². The average molecular weight is 656 g/mol. The Morgan fingerprint density at radius 2 is 1.04 bits per heavy atom. The summed E-state index contributed by atoms with van der Waals surface area (Å²) in [6.45, 7) is 0. The maximum Gasteiger partial charge on any atom is 0.137 e. The lowest BCUT2D eigenvalue weighted by atomic mass is 9.93. The first-order valence-electron chi connectivity index (χ1n) is 18.2. The molecular formula is C49H37NO. The second-order valence-electron chi connectivity index (χ2n) is 14.0. The van der Waals surface area contributed by atoms with Gasteiger partial charge in [-0.3, -0.25) is 0 Å². The molecule has 0 N–H and O–H groups in total. The van der Waals surface area contributed by atoms with E-state index in [0.29, 0.717) is 0 Å². The van der Waals surface area contributed by atoms with Crippen molar-refractivity contribution in [1.29, 1.82) is 0 Å². The lowest BCUT2D eigenvalue weighted by Crippen LogP contribution is -2.11. The molecule has 244 valence electrons. The zero-order chi connectivity index (χ0) is 33.7. The van der Waals surface area contributed by atoms with Gasteiger partial charge in [0.15, 0.2) is 0 Å². The van der Waals surface area contributed by atoms with Crippen molar-refractivity contribution in [3.8, 4) is 22.3 Å². The summed E-state index contributed by atoms with van der Waals surface area (Å²) in [6, 6.07) is 62.0. The van der Waals surface area contributed by atoms with Crippen molar-refractivity contribution in [3.63, 3.8) is 0 Å². The van der Waals surface area contributed by atoms with Crippen LogP contribution in [0, 0.1) is 0 Å². The number of fused-ring (bicyclic) bond motifs is 5. The molecule has 2 heteroatoms. The Morgan fingerprint density at radius 3 is 1.84 bits per heavy atom. The summed E-state index contributed by atoms with van der Waals surface area (Å²) in [5, 5.41) is 7.16. The average Bonchev–Trinajstić information content (AvgIpc) is 3.87. The van der Waals surface area contributed by atoms with Gasteiger partial charge >= 0.3 is 0 Å². The molecule has 51 heavy (non-hydrogen) atoms. The molecular weight excluding hydrogens is 619 g/mol. The lowest BCUT2D eigenvalue weighted by Gasteiger charge is -2.29. The molecule has 1 saturated carbocycles. The SMILES string of the molecule is c1ccc2cc(-c3c(N(c4ccc(-c5ccc(C6CCCC6)cc5)cc4)c4ccc5c(c4)oc4ccccc45)ccc4ccccc34)ccc2c1. The van der Waals surface area contributed by atoms with Crippen molar-refractivity contribution in [1.82, 2.24) is 0 Å². The Bertz CT molecular complexity index is 2690. The van der Waals surface area contributed by atoms with Crippen LogP contribution in [0.4, 0.5) is 17.1 Å². The van der Waals surface area contributed by atoms with Crippen LogP contribution in [0.3, 0.4) is 0 Å². The Kier molecular flexibility index (Phi) is 7.20. The number of rotatable bonds is 6. The van der Waals surface area contributed by atoms with Crippen LogP contribution in [-0.4, -0.2) is 0 Å². The molecule has 0 spiro atoms. The predicted octanol–water partition coefficient (Wildman–Crippen LogP) is 14.4. The first-order chi connectivity index (χ1) is 25.3. The number of para-hydroxylation sites is 1. The van der Waals surface area contributed by atoms with Crippen molar-refractivity contribution >= 4 is 60.5 Å². The standard InChI is InChI=1S/C49H37NO/c1-2-10-33(9-1)35-17-19-36(20-18-35)37-23-26-41(27-24-37)50(42-28-29-45-44-15-7-8-16-47(44)51-48(45)32-42)46-30-25-38-12-5-6-14-43(38)49(46)40-22-21-34-11-3-4-13-39(34)31-40/h3-8,11-33H,1-2,9-10H2. The fourth-order valence-corrected chi connectivity index (χ4v) is 8.39. The van der Waals surface area contributed by atoms with E-state index in [0.717, 1.165) is 44.9 Å². The van der Waals surface area contributed by atoms with Crippen LogP contribution < -0.4 is 4.90 Å². The number of anilines is 3. The third kappa shape index (κ3) is 5.27. The van der Waals surface area contributed by atoms with Crippen molar-refractivity contribution in [2.24, 2.45) is 0 Å². The molecule has 1 fully saturated rings. The van der Waals surface area contributed by atoms with Crippen molar-refractivity contribution < 1.29 is 4.42 Å². The third-order valence-electron chi connectivity index (χ3n) is 11.0. The summed E-state index contributed by atoms with van der Waals surface area (Å²) in [5.74, 6) is 0.720. The highest BCUT2D eigenvalue weighted by molar-refractivity contribution is 6.09. The minimum absolute atomic E-state index is 0.720. The fraction of sp³-hybridized carbons (Fsp3) is 0.102. The summed E-state index contributed by atoms with van der Waals surface area (Å²) in [5.41, 5.74) is 11.4. The van der Waals surface area contributed by atoms with Gasteiger partial charge in [0.2, 0.25) is 0 Å². The predicted molar refractivity (Wildman–Crippen MR) is 215 cm³/mol. The smallest absolute Gasteiger partial charge is 0.137 e. The summed E-state index contributed by atoms with van der Waals surface area (Å²) in [4.78, 5) is 2.40. The maximum absolute atomic E-state index is 6.45. The lowest BCUT2D eigenvalue weighted by molar-refractivity contribution is 0.669. The topological polar surface area (TPSA) is 16.4 Å². The van der Waals surface area contributed by atoms with Crippen LogP contribution in [0.5, 0.6) is 0 Å². The summed E-state index contributed by atoms with van der Waals surface area (Å²) in [6.07, 6.45) is 5.35. The maximum atomic E-state index is 6.45. The van der Waals surface area contributed by atoms with E-state index in [9.17, 15) is 0 Å². The summed E-state index contributed by atoms with van der Waals surface area (Å²) >= 11 is 0. The van der Waals surface area contributed by atoms with Crippen LogP contribution in [0.1, 0.15) is 37.2 Å². The number of nitrogens with zero attached hydrogens (tertiary/aromatic N) is 1. The molecule has 1 aliphatic carbocycles. The summed E-state index contributed by atoms with van der Waals surface area (Å²) in [7, 11) is 0. The fourth-order valence-electron chi connectivity index (χ4n) is 8.39. The Hall–Kier alpha value is -6.12. The van der Waals surface area contributed by atoms with Crippen LogP contribution in [0.15, 0.2) is 174 Å². The van der Waals surface area contributed by atoms with Gasteiger partial charge in [-0.1, -0.05) is 134 Å². The number of hydrogen-bond donors (Lipinski definition) is 0. The number of benzene rings is 8. The zero-order valence-electron chi connectivity index (χ0n) is 28.4. The van der Waals surface area contributed by atoms with E-state index in [1.165, 1.54) is 75.0 Å². The highest BCUT2D eigenvalue weighted by atomic mass is 16.3. The molecule has 0 radical (unpaired) electrons. The highest BCUT2D eigenvalue weighted by Crippen LogP contribution is 2.46. The molecule has 0 atom stereocenters. The number of furan rings is 1. The minimum Gasteiger partial charge on any atom is -0.456 e. The molecule has 9 aromatic rings. The van der Waals surface area contributed by atoms with E-state index in [1.807, 2.05) is 12.1 Å². The quantitative estimate of drug-likeness (QED) is 0.177. The highest BCUT2D eigenvalue weighted by Gasteiger charge is 2.22. The van der Waals surface area contributed by atoms with E-state index in [1.54, 1.807) is 0 Å². The molecule has 1 heterocycles. The largest absolute Gasteiger partial charge is 0.456 e. The van der Waals surface area contributed by atoms with Crippen molar-refractivity contribution in [3.05, 3.63) is 175 Å². The molecule has 0 bridgehead atoms. The van der Waals surface area contributed by atoms with Crippen LogP contribution in [0.2, 0.25) is 0 Å². The van der Waals surface area contributed by atoms with Gasteiger partial charge in [-0.05, 0) is 105 Å². The molecule has 10 rings (SSSR count). The van der Waals surface area contributed by atoms with E-state index in [-0.39, 0.29) is 0 Å². The van der Waals surface area contributed by atoms with E-state index in [4.69, 9.17) is 4.42 Å². The minimum atomic E-state index is 0.720. The number of hydrogen-bond acceptors (Lipinski definition) is 2. The third-order valence-corrected chi connectivity index (χ3v) is 11.0. The van der Waals surface area contributed by atoms with E-state index < -0.39 is 0 Å². The van der Waals surface area contributed by atoms with Crippen molar-refractivity contribution in [2.45, 2.75) is 31.6 Å². The van der Waals surface area contributed by atoms with Gasteiger partial charge in [0.05, 0.1) is 5.69 Å². The van der Waals surface area contributed by atoms with Crippen molar-refractivity contribution in [2.75, 3.05) is 4.90 Å². The van der Waals surface area contributed by atoms with Gasteiger partial charge < -0.3 is 9.32 Å². The first-order valence-corrected chi connectivity index (χ1v) is 18.2. The van der Waals surface area contributed by atoms with Gasteiger partial charge in [-0.15, -0.1) is 0 Å². The van der Waals surface area contributed by atoms with Gasteiger partial charge in [0, 0.05) is 33.8 Å². The van der Waals surface area contributed by atoms with E-state index in [2.05, 4.69) is 163 Å². The molecule has 0 saturated heterocycles. The summed E-state index contributed by atoms with van der Waals surface area (Å²) < 4.78 is 6.45. The monoisotopic (exact) mass is 655 g/mol. The van der Waals surface area contributed by atoms with Gasteiger partial charge in [-0.2, -0.15) is 0 Å².